The van der Waals surface area contributed by atoms with Gasteiger partial charge >= 0.3 is 0 Å². The lowest BCUT2D eigenvalue weighted by atomic mass is 10.1. The van der Waals surface area contributed by atoms with Gasteiger partial charge in [0.1, 0.15) is 23.2 Å². The third-order valence-corrected chi connectivity index (χ3v) is 7.54. The third-order valence-electron chi connectivity index (χ3n) is 4.72. The highest BCUT2D eigenvalue weighted by Crippen LogP contribution is 2.31. The maximum Gasteiger partial charge on any atom is 0.274 e. The highest BCUT2D eigenvalue weighted by atomic mass is 32.2. The number of aromatic nitrogens is 1. The Morgan fingerprint density at radius 2 is 1.86 bits per heavy atom. The Morgan fingerprint density at radius 1 is 1.14 bits per heavy atom. The summed E-state index contributed by atoms with van der Waals surface area (Å²) in [5.74, 6) is 0.238. The molecule has 4 rings (SSSR count). The molecular formula is C19H19FN2O4S2. The van der Waals surface area contributed by atoms with Crippen molar-refractivity contribution in [1.82, 2.24) is 9.29 Å². The lowest BCUT2D eigenvalue weighted by Crippen LogP contribution is -2.41. The number of hydrogen-bond donors (Lipinski definition) is 0. The summed E-state index contributed by atoms with van der Waals surface area (Å²) in [5.41, 5.74) is 0.307. The molecule has 0 radical (unpaired) electrons. The van der Waals surface area contributed by atoms with Crippen molar-refractivity contribution in [3.8, 4) is 10.9 Å². The number of sulfonamides is 1. The number of piperidine rings is 1. The van der Waals surface area contributed by atoms with Crippen molar-refractivity contribution in [1.29, 1.82) is 0 Å². The Bertz CT molecular complexity index is 1080. The summed E-state index contributed by atoms with van der Waals surface area (Å²) in [5, 5.41) is 0.413. The van der Waals surface area contributed by atoms with Crippen LogP contribution in [-0.4, -0.2) is 44.0 Å². The number of hydrogen-bond acceptors (Lipinski definition) is 6. The summed E-state index contributed by atoms with van der Waals surface area (Å²) < 4.78 is 52.5. The van der Waals surface area contributed by atoms with Crippen molar-refractivity contribution in [2.24, 2.45) is 0 Å². The van der Waals surface area contributed by atoms with E-state index in [4.69, 9.17) is 9.47 Å². The van der Waals surface area contributed by atoms with E-state index >= 15 is 0 Å². The van der Waals surface area contributed by atoms with Gasteiger partial charge < -0.3 is 9.47 Å². The van der Waals surface area contributed by atoms with Gasteiger partial charge in [0.2, 0.25) is 10.0 Å². The number of halogens is 1. The third kappa shape index (κ3) is 3.69. The fraction of sp³-hybridized carbons (Fsp3) is 0.316. The molecular weight excluding hydrogens is 403 g/mol. The average Bonchev–Trinajstić information content (AvgIpc) is 3.12. The molecule has 2 aromatic carbocycles. The molecule has 2 heterocycles. The zero-order valence-corrected chi connectivity index (χ0v) is 16.8. The van der Waals surface area contributed by atoms with Gasteiger partial charge in [-0.3, -0.25) is 0 Å². The first-order chi connectivity index (χ1) is 13.5. The molecule has 0 spiro atoms. The second-order valence-corrected chi connectivity index (χ2v) is 9.39. The van der Waals surface area contributed by atoms with Crippen LogP contribution in [0.4, 0.5) is 4.39 Å². The lowest BCUT2D eigenvalue weighted by Gasteiger charge is -2.30. The number of thiazole rings is 1. The van der Waals surface area contributed by atoms with Crippen molar-refractivity contribution >= 4 is 31.6 Å². The lowest BCUT2D eigenvalue weighted by molar-refractivity contribution is 0.135. The second kappa shape index (κ2) is 7.65. The van der Waals surface area contributed by atoms with E-state index in [0.717, 1.165) is 4.70 Å². The largest absolute Gasteiger partial charge is 0.497 e. The Balaban J connectivity index is 1.41. The molecule has 0 amide bonds. The first kappa shape index (κ1) is 19.1. The van der Waals surface area contributed by atoms with Crippen molar-refractivity contribution in [2.75, 3.05) is 20.2 Å². The Kier molecular flexibility index (Phi) is 5.22. The van der Waals surface area contributed by atoms with E-state index in [1.807, 2.05) is 0 Å². The molecule has 0 bridgehead atoms. The van der Waals surface area contributed by atoms with Crippen molar-refractivity contribution < 1.29 is 22.3 Å². The fourth-order valence-corrected chi connectivity index (χ4v) is 5.54. The topological polar surface area (TPSA) is 68.7 Å². The quantitative estimate of drug-likeness (QED) is 0.628. The fourth-order valence-electron chi connectivity index (χ4n) is 3.17. The van der Waals surface area contributed by atoms with Gasteiger partial charge in [-0.05, 0) is 49.2 Å². The molecule has 9 heteroatoms. The number of rotatable bonds is 5. The number of nitrogens with zero attached hydrogens (tertiary/aromatic N) is 2. The van der Waals surface area contributed by atoms with Gasteiger partial charge in [0.15, 0.2) is 0 Å². The summed E-state index contributed by atoms with van der Waals surface area (Å²) >= 11 is 1.29. The number of para-hydroxylation sites is 1. The van der Waals surface area contributed by atoms with Crippen LogP contribution in [0.1, 0.15) is 12.8 Å². The predicted molar refractivity (Wildman–Crippen MR) is 105 cm³/mol. The maximum absolute atomic E-state index is 13.8. The number of fused-ring (bicyclic) bond motifs is 1. The van der Waals surface area contributed by atoms with E-state index in [2.05, 4.69) is 4.98 Å². The van der Waals surface area contributed by atoms with Gasteiger partial charge in [-0.25, -0.2) is 12.8 Å². The summed E-state index contributed by atoms with van der Waals surface area (Å²) in [7, 11) is -2.01. The standard InChI is InChI=1S/C19H19FN2O4S2/c1-25-13-5-7-15(8-6-13)28(23,24)22-11-9-14(10-12-22)26-19-21-18-16(20)3-2-4-17(18)27-19/h2-8,14H,9-12H2,1H3. The van der Waals surface area contributed by atoms with Crippen LogP contribution in [0.5, 0.6) is 10.9 Å². The van der Waals surface area contributed by atoms with Gasteiger partial charge in [-0.15, -0.1) is 0 Å². The molecule has 28 heavy (non-hydrogen) atoms. The van der Waals surface area contributed by atoms with Gasteiger partial charge in [0.05, 0.1) is 16.7 Å². The van der Waals surface area contributed by atoms with Gasteiger partial charge in [-0.1, -0.05) is 17.4 Å². The molecule has 148 valence electrons. The normalized spacial score (nSPS) is 16.4. The predicted octanol–water partition coefficient (Wildman–Crippen LogP) is 3.68. The Labute approximate surface area is 166 Å². The zero-order valence-electron chi connectivity index (χ0n) is 15.2. The van der Waals surface area contributed by atoms with Gasteiger partial charge in [-0.2, -0.15) is 9.29 Å². The van der Waals surface area contributed by atoms with E-state index < -0.39 is 10.0 Å². The van der Waals surface area contributed by atoms with Crippen LogP contribution in [0.2, 0.25) is 0 Å². The minimum absolute atomic E-state index is 0.147. The molecule has 0 atom stereocenters. The monoisotopic (exact) mass is 422 g/mol. The van der Waals surface area contributed by atoms with Crippen LogP contribution in [0.15, 0.2) is 47.4 Å². The highest BCUT2D eigenvalue weighted by molar-refractivity contribution is 7.89. The first-order valence-corrected chi connectivity index (χ1v) is 11.1. The zero-order chi connectivity index (χ0) is 19.7. The molecule has 6 nitrogen and oxygen atoms in total. The van der Waals surface area contributed by atoms with Crippen LogP contribution in [0.3, 0.4) is 0 Å². The molecule has 0 unspecified atom stereocenters. The van der Waals surface area contributed by atoms with Crippen molar-refractivity contribution in [3.05, 3.63) is 48.3 Å². The molecule has 3 aromatic rings. The molecule has 1 aliphatic rings. The molecule has 1 aromatic heterocycles. The first-order valence-electron chi connectivity index (χ1n) is 8.83. The van der Waals surface area contributed by atoms with Gasteiger partial charge in [0, 0.05) is 13.1 Å². The molecule has 0 saturated carbocycles. The molecule has 0 aliphatic carbocycles. The number of methoxy groups -OCH3 is 1. The van der Waals surface area contributed by atoms with E-state index in [1.165, 1.54) is 28.8 Å². The van der Waals surface area contributed by atoms with E-state index in [-0.39, 0.29) is 16.8 Å². The summed E-state index contributed by atoms with van der Waals surface area (Å²) in [6, 6.07) is 11.2. The minimum Gasteiger partial charge on any atom is -0.497 e. The SMILES string of the molecule is COc1ccc(S(=O)(=O)N2CCC(Oc3nc4c(F)cccc4s3)CC2)cc1. The smallest absolute Gasteiger partial charge is 0.274 e. The van der Waals surface area contributed by atoms with Crippen molar-refractivity contribution in [3.63, 3.8) is 0 Å². The maximum atomic E-state index is 13.8. The summed E-state index contributed by atoms with van der Waals surface area (Å²) in [6.45, 7) is 0.719. The molecule has 1 aliphatic heterocycles. The average molecular weight is 423 g/mol. The van der Waals surface area contributed by atoms with Crippen LogP contribution in [-0.2, 0) is 10.0 Å². The molecule has 1 saturated heterocycles. The molecule has 1 fully saturated rings. The van der Waals surface area contributed by atoms with Crippen LogP contribution >= 0.6 is 11.3 Å². The number of benzene rings is 2. The number of ether oxygens (including phenoxy) is 2. The van der Waals surface area contributed by atoms with Crippen LogP contribution < -0.4 is 9.47 Å². The van der Waals surface area contributed by atoms with Crippen molar-refractivity contribution in [2.45, 2.75) is 23.8 Å². The van der Waals surface area contributed by atoms with E-state index in [1.54, 1.807) is 36.4 Å². The highest BCUT2D eigenvalue weighted by Gasteiger charge is 2.30. The van der Waals surface area contributed by atoms with Gasteiger partial charge in [0.25, 0.3) is 5.19 Å². The Hall–Kier alpha value is -2.23. The van der Waals surface area contributed by atoms with Crippen LogP contribution in [0.25, 0.3) is 10.2 Å². The second-order valence-electron chi connectivity index (χ2n) is 6.46. The Morgan fingerprint density at radius 3 is 2.50 bits per heavy atom. The summed E-state index contributed by atoms with van der Waals surface area (Å²) in [4.78, 5) is 4.46. The van der Waals surface area contributed by atoms with E-state index in [0.29, 0.717) is 42.4 Å². The van der Waals surface area contributed by atoms with Crippen LogP contribution in [0, 0.1) is 5.82 Å². The molecule has 0 N–H and O–H groups in total. The summed E-state index contributed by atoms with van der Waals surface area (Å²) in [6.07, 6.45) is 0.952. The minimum atomic E-state index is -3.55. The van der Waals surface area contributed by atoms with E-state index in [9.17, 15) is 12.8 Å².